The van der Waals surface area contributed by atoms with Crippen molar-refractivity contribution in [3.8, 4) is 5.75 Å². The molecule has 0 fully saturated rings. The number of ether oxygens (including phenoxy) is 1. The molecule has 0 aliphatic heterocycles. The van der Waals surface area contributed by atoms with Gasteiger partial charge >= 0.3 is 0 Å². The third-order valence-corrected chi connectivity index (χ3v) is 2.96. The average Bonchev–Trinajstić information content (AvgIpc) is 2.09. The van der Waals surface area contributed by atoms with Crippen LogP contribution in [-0.4, -0.2) is 11.6 Å². The van der Waals surface area contributed by atoms with Gasteiger partial charge < -0.3 is 10.5 Å². The molecule has 0 aromatic heterocycles. The Morgan fingerprint density at radius 1 is 1.43 bits per heavy atom. The van der Waals surface area contributed by atoms with Crippen molar-refractivity contribution in [3.05, 3.63) is 26.7 Å². The molecule has 2 N–H and O–H groups in total. The van der Waals surface area contributed by atoms with Gasteiger partial charge in [-0.05, 0) is 22.0 Å². The highest BCUT2D eigenvalue weighted by molar-refractivity contribution is 9.10. The van der Waals surface area contributed by atoms with Gasteiger partial charge in [0, 0.05) is 10.5 Å². The second-order valence-corrected chi connectivity index (χ2v) is 4.64. The van der Waals surface area contributed by atoms with Crippen molar-refractivity contribution in [2.24, 2.45) is 5.73 Å². The Hall–Kier alpha value is -0.0300. The predicted octanol–water partition coefficient (Wildman–Crippen LogP) is 3.42. The van der Waals surface area contributed by atoms with Crippen LogP contribution in [0.2, 0.25) is 10.0 Å². The average molecular weight is 315 g/mol. The quantitative estimate of drug-likeness (QED) is 0.686. The minimum Gasteiger partial charge on any atom is -0.485 e. The normalized spacial score (nSPS) is 9.93. The van der Waals surface area contributed by atoms with Crippen LogP contribution in [-0.2, 0) is 0 Å². The van der Waals surface area contributed by atoms with Crippen molar-refractivity contribution >= 4 is 56.3 Å². The van der Waals surface area contributed by atoms with Crippen molar-refractivity contribution in [1.29, 1.82) is 0 Å². The fourth-order valence-corrected chi connectivity index (χ4v) is 1.67. The van der Waals surface area contributed by atoms with Crippen molar-refractivity contribution in [3.63, 3.8) is 0 Å². The molecule has 0 bridgehead atoms. The maximum atomic E-state index is 5.89. The van der Waals surface area contributed by atoms with Crippen LogP contribution in [0.4, 0.5) is 0 Å². The van der Waals surface area contributed by atoms with E-state index < -0.39 is 0 Å². The molecule has 0 saturated carbocycles. The molecule has 0 saturated heterocycles. The van der Waals surface area contributed by atoms with Crippen LogP contribution in [0.1, 0.15) is 0 Å². The highest BCUT2D eigenvalue weighted by Crippen LogP contribution is 2.33. The van der Waals surface area contributed by atoms with Gasteiger partial charge in [0.25, 0.3) is 0 Å². The maximum Gasteiger partial charge on any atom is 0.140 e. The molecule has 0 spiro atoms. The van der Waals surface area contributed by atoms with E-state index in [1.807, 2.05) is 0 Å². The summed E-state index contributed by atoms with van der Waals surface area (Å²) in [6, 6.07) is 3.25. The first-order chi connectivity index (χ1) is 6.50. The summed E-state index contributed by atoms with van der Waals surface area (Å²) < 4.78 is 5.95. The lowest BCUT2D eigenvalue weighted by atomic mass is 10.3. The van der Waals surface area contributed by atoms with Gasteiger partial charge in [-0.2, -0.15) is 0 Å². The van der Waals surface area contributed by atoms with Crippen LogP contribution in [0.5, 0.6) is 5.75 Å². The summed E-state index contributed by atoms with van der Waals surface area (Å²) in [6.07, 6.45) is 0. The fourth-order valence-electron chi connectivity index (χ4n) is 0.764. The highest BCUT2D eigenvalue weighted by atomic mass is 79.9. The smallest absolute Gasteiger partial charge is 0.140 e. The van der Waals surface area contributed by atoms with Crippen molar-refractivity contribution in [1.82, 2.24) is 0 Å². The van der Waals surface area contributed by atoms with Crippen LogP contribution in [0.25, 0.3) is 0 Å². The molecule has 0 aliphatic rings. The summed E-state index contributed by atoms with van der Waals surface area (Å²) in [7, 11) is 0. The van der Waals surface area contributed by atoms with Crippen molar-refractivity contribution in [2.75, 3.05) is 6.61 Å². The van der Waals surface area contributed by atoms with Gasteiger partial charge in [0.1, 0.15) is 17.3 Å². The van der Waals surface area contributed by atoms with E-state index in [0.717, 1.165) is 0 Å². The number of halogens is 3. The molecule has 0 atom stereocenters. The zero-order valence-electron chi connectivity index (χ0n) is 6.89. The molecule has 0 aliphatic carbocycles. The maximum absolute atomic E-state index is 5.89. The number of thiocarbonyl (C=S) groups is 1. The van der Waals surface area contributed by atoms with E-state index >= 15 is 0 Å². The Balaban J connectivity index is 2.87. The third kappa shape index (κ3) is 3.28. The van der Waals surface area contributed by atoms with E-state index in [1.54, 1.807) is 12.1 Å². The Bertz CT molecular complexity index is 373. The number of benzene rings is 1. The van der Waals surface area contributed by atoms with Gasteiger partial charge in [-0.15, -0.1) is 0 Å². The van der Waals surface area contributed by atoms with Crippen LogP contribution in [0, 0.1) is 0 Å². The van der Waals surface area contributed by atoms with Crippen molar-refractivity contribution < 1.29 is 4.74 Å². The lowest BCUT2D eigenvalue weighted by Gasteiger charge is -2.08. The first-order valence-corrected chi connectivity index (χ1v) is 5.52. The first-order valence-electron chi connectivity index (χ1n) is 3.56. The number of rotatable bonds is 3. The van der Waals surface area contributed by atoms with Gasteiger partial charge in [0.15, 0.2) is 0 Å². The molecule has 1 aromatic carbocycles. The molecule has 1 rings (SSSR count). The number of nitrogens with two attached hydrogens (primary N) is 1. The number of hydrogen-bond donors (Lipinski definition) is 1. The molecule has 0 radical (unpaired) electrons. The largest absolute Gasteiger partial charge is 0.485 e. The Morgan fingerprint density at radius 3 is 2.64 bits per heavy atom. The summed E-state index contributed by atoms with van der Waals surface area (Å²) in [5.41, 5.74) is 5.28. The molecule has 2 nitrogen and oxygen atoms in total. The van der Waals surface area contributed by atoms with E-state index in [1.165, 1.54) is 0 Å². The van der Waals surface area contributed by atoms with E-state index in [2.05, 4.69) is 28.1 Å². The van der Waals surface area contributed by atoms with E-state index in [0.29, 0.717) is 20.3 Å². The van der Waals surface area contributed by atoms with Crippen LogP contribution in [0.15, 0.2) is 16.6 Å². The molecule has 6 heteroatoms. The minimum absolute atomic E-state index is 0.146. The van der Waals surface area contributed by atoms with Crippen LogP contribution in [0.3, 0.4) is 0 Å². The summed E-state index contributed by atoms with van der Waals surface area (Å²) in [5.74, 6) is 0.465. The predicted molar refractivity (Wildman–Crippen MR) is 66.4 cm³/mol. The lowest BCUT2D eigenvalue weighted by molar-refractivity contribution is 0.378. The van der Waals surface area contributed by atoms with Gasteiger partial charge in [-0.1, -0.05) is 35.4 Å². The first kappa shape index (κ1) is 12.0. The zero-order valence-corrected chi connectivity index (χ0v) is 10.8. The van der Waals surface area contributed by atoms with Crippen LogP contribution < -0.4 is 10.5 Å². The van der Waals surface area contributed by atoms with Gasteiger partial charge in [-0.3, -0.25) is 0 Å². The van der Waals surface area contributed by atoms with Gasteiger partial charge in [-0.25, -0.2) is 0 Å². The molecule has 0 amide bonds. The van der Waals surface area contributed by atoms with E-state index in [-0.39, 0.29) is 11.6 Å². The topological polar surface area (TPSA) is 35.2 Å². The van der Waals surface area contributed by atoms with E-state index in [4.69, 9.17) is 33.7 Å². The summed E-state index contributed by atoms with van der Waals surface area (Å²) >= 11 is 19.6. The fraction of sp³-hybridized carbons (Fsp3) is 0.125. The zero-order chi connectivity index (χ0) is 10.7. The van der Waals surface area contributed by atoms with E-state index in [9.17, 15) is 0 Å². The molecular weight excluding hydrogens is 309 g/mol. The second kappa shape index (κ2) is 5.16. The molecule has 0 unspecified atom stereocenters. The molecule has 14 heavy (non-hydrogen) atoms. The summed E-state index contributed by atoms with van der Waals surface area (Å²) in [5, 5.41) is 0.977. The standard InChI is InChI=1S/C8H6BrCl2NOS/c9-4-1-6(11)7(2-5(4)10)13-3-8(12)14/h1-2H,3H2,(H2,12,14). The minimum atomic E-state index is 0.146. The highest BCUT2D eigenvalue weighted by Gasteiger charge is 2.06. The van der Waals surface area contributed by atoms with Crippen LogP contribution >= 0.6 is 51.3 Å². The Labute approximate surface area is 105 Å². The Kier molecular flexibility index (Phi) is 4.44. The lowest BCUT2D eigenvalue weighted by Crippen LogP contribution is -2.17. The molecular formula is C8H6BrCl2NOS. The number of hydrogen-bond acceptors (Lipinski definition) is 2. The second-order valence-electron chi connectivity index (χ2n) is 2.45. The summed E-state index contributed by atoms with van der Waals surface area (Å²) in [4.78, 5) is 0.264. The molecule has 76 valence electrons. The Morgan fingerprint density at radius 2 is 2.07 bits per heavy atom. The monoisotopic (exact) mass is 313 g/mol. The third-order valence-electron chi connectivity index (χ3n) is 1.34. The summed E-state index contributed by atoms with van der Waals surface area (Å²) in [6.45, 7) is 0.146. The van der Waals surface area contributed by atoms with Crippen molar-refractivity contribution in [2.45, 2.75) is 0 Å². The molecule has 0 heterocycles. The SMILES string of the molecule is NC(=S)COc1cc(Cl)c(Br)cc1Cl. The van der Waals surface area contributed by atoms with Gasteiger partial charge in [0.2, 0.25) is 0 Å². The molecule has 1 aromatic rings. The van der Waals surface area contributed by atoms with Gasteiger partial charge in [0.05, 0.1) is 10.0 Å².